The second-order valence-electron chi connectivity index (χ2n) is 5.96. The maximum atomic E-state index is 12.9. The van der Waals surface area contributed by atoms with E-state index in [2.05, 4.69) is 5.32 Å². The SMILES string of the molecule is CCOc1cc(C(=O)N2CCC(NC)CC2)cc(OCC)c1OCC.Cl. The number of carbonyl (C=O) groups excluding carboxylic acids is 1. The maximum Gasteiger partial charge on any atom is 0.254 e. The van der Waals surface area contributed by atoms with E-state index in [9.17, 15) is 4.79 Å². The first-order chi connectivity index (χ1) is 12.1. The Morgan fingerprint density at radius 3 is 1.96 bits per heavy atom. The number of hydrogen-bond donors (Lipinski definition) is 1. The van der Waals surface area contributed by atoms with Crippen LogP contribution in [0.4, 0.5) is 0 Å². The van der Waals surface area contributed by atoms with Crippen molar-refractivity contribution < 1.29 is 19.0 Å². The largest absolute Gasteiger partial charge is 0.490 e. The summed E-state index contributed by atoms with van der Waals surface area (Å²) in [6.07, 6.45) is 1.94. The molecule has 26 heavy (non-hydrogen) atoms. The van der Waals surface area contributed by atoms with E-state index in [1.165, 1.54) is 0 Å². The summed E-state index contributed by atoms with van der Waals surface area (Å²) < 4.78 is 17.1. The second-order valence-corrected chi connectivity index (χ2v) is 5.96. The molecule has 0 saturated carbocycles. The zero-order valence-corrected chi connectivity index (χ0v) is 17.0. The molecule has 7 heteroatoms. The van der Waals surface area contributed by atoms with Crippen LogP contribution in [-0.4, -0.2) is 56.8 Å². The highest BCUT2D eigenvalue weighted by Crippen LogP contribution is 2.39. The Morgan fingerprint density at radius 2 is 1.54 bits per heavy atom. The molecule has 1 heterocycles. The number of hydrogen-bond acceptors (Lipinski definition) is 5. The zero-order valence-electron chi connectivity index (χ0n) is 16.2. The van der Waals surface area contributed by atoms with Crippen molar-refractivity contribution in [3.63, 3.8) is 0 Å². The van der Waals surface area contributed by atoms with E-state index in [1.54, 1.807) is 12.1 Å². The van der Waals surface area contributed by atoms with E-state index < -0.39 is 0 Å². The van der Waals surface area contributed by atoms with Gasteiger partial charge in [-0.05, 0) is 52.8 Å². The number of ether oxygens (including phenoxy) is 3. The van der Waals surface area contributed by atoms with Gasteiger partial charge in [0.25, 0.3) is 5.91 Å². The number of piperidine rings is 1. The summed E-state index contributed by atoms with van der Waals surface area (Å²) in [6, 6.07) is 4.02. The van der Waals surface area contributed by atoms with Crippen LogP contribution < -0.4 is 19.5 Å². The third-order valence-corrected chi connectivity index (χ3v) is 4.35. The van der Waals surface area contributed by atoms with Gasteiger partial charge in [0.15, 0.2) is 11.5 Å². The first-order valence-corrected chi connectivity index (χ1v) is 9.17. The number of nitrogens with one attached hydrogen (secondary N) is 1. The van der Waals surface area contributed by atoms with Gasteiger partial charge in [0.2, 0.25) is 5.75 Å². The van der Waals surface area contributed by atoms with Crippen LogP contribution in [0.25, 0.3) is 0 Å². The molecule has 6 nitrogen and oxygen atoms in total. The Labute approximate surface area is 162 Å². The van der Waals surface area contributed by atoms with E-state index >= 15 is 0 Å². The molecule has 1 saturated heterocycles. The van der Waals surface area contributed by atoms with E-state index in [-0.39, 0.29) is 18.3 Å². The smallest absolute Gasteiger partial charge is 0.254 e. The Kier molecular flexibility index (Phi) is 9.59. The van der Waals surface area contributed by atoms with Crippen molar-refractivity contribution in [2.45, 2.75) is 39.7 Å². The molecule has 1 aliphatic rings. The van der Waals surface area contributed by atoms with Gasteiger partial charge in [-0.15, -0.1) is 12.4 Å². The minimum atomic E-state index is 0. The first-order valence-electron chi connectivity index (χ1n) is 9.17. The maximum absolute atomic E-state index is 12.9. The Bertz CT molecular complexity index is 548. The third kappa shape index (κ3) is 5.42. The molecule has 0 aromatic heterocycles. The molecule has 0 radical (unpaired) electrons. The Hall–Kier alpha value is -1.66. The van der Waals surface area contributed by atoms with Crippen molar-refractivity contribution in [2.24, 2.45) is 0 Å². The van der Waals surface area contributed by atoms with Crippen LogP contribution in [0, 0.1) is 0 Å². The fourth-order valence-corrected chi connectivity index (χ4v) is 3.07. The normalized spacial score (nSPS) is 14.5. The Balaban J connectivity index is 0.00000338. The number of nitrogens with zero attached hydrogens (tertiary/aromatic N) is 1. The lowest BCUT2D eigenvalue weighted by Crippen LogP contribution is -2.43. The first kappa shape index (κ1) is 22.4. The number of halogens is 1. The quantitative estimate of drug-likeness (QED) is 0.743. The van der Waals surface area contributed by atoms with Gasteiger partial charge in [0.05, 0.1) is 19.8 Å². The van der Waals surface area contributed by atoms with Crippen molar-refractivity contribution in [2.75, 3.05) is 40.0 Å². The van der Waals surface area contributed by atoms with Crippen LogP contribution in [0.15, 0.2) is 12.1 Å². The van der Waals surface area contributed by atoms with Crippen molar-refractivity contribution in [3.8, 4) is 17.2 Å². The second kappa shape index (κ2) is 11.1. The Morgan fingerprint density at radius 1 is 1.04 bits per heavy atom. The summed E-state index contributed by atoms with van der Waals surface area (Å²) in [5.41, 5.74) is 0.582. The standard InChI is InChI=1S/C19H30N2O4.ClH/c1-5-23-16-12-14(13-17(24-6-2)18(16)25-7-3)19(22)21-10-8-15(20-4)9-11-21;/h12-13,15,20H,5-11H2,1-4H3;1H. The molecule has 1 fully saturated rings. The molecular formula is C19H31ClN2O4. The van der Waals surface area contributed by atoms with Gasteiger partial charge < -0.3 is 24.4 Å². The molecule has 1 aliphatic heterocycles. The average Bonchev–Trinajstić information content (AvgIpc) is 2.64. The minimum Gasteiger partial charge on any atom is -0.490 e. The van der Waals surface area contributed by atoms with E-state index in [0.29, 0.717) is 48.7 Å². The predicted octanol–water partition coefficient (Wildman–Crippen LogP) is 3.13. The summed E-state index contributed by atoms with van der Waals surface area (Å²) in [4.78, 5) is 14.8. The number of likely N-dealkylation sites (tertiary alicyclic amines) is 1. The molecule has 0 spiro atoms. The van der Waals surface area contributed by atoms with E-state index in [1.807, 2.05) is 32.7 Å². The van der Waals surface area contributed by atoms with Gasteiger partial charge in [0, 0.05) is 24.7 Å². The lowest BCUT2D eigenvalue weighted by molar-refractivity contribution is 0.0706. The minimum absolute atomic E-state index is 0. The van der Waals surface area contributed by atoms with Crippen molar-refractivity contribution in [1.29, 1.82) is 0 Å². The lowest BCUT2D eigenvalue weighted by Gasteiger charge is -2.32. The summed E-state index contributed by atoms with van der Waals surface area (Å²) in [6.45, 7) is 8.74. The van der Waals surface area contributed by atoms with Crippen molar-refractivity contribution >= 4 is 18.3 Å². The topological polar surface area (TPSA) is 60.0 Å². The van der Waals surface area contributed by atoms with E-state index in [0.717, 1.165) is 25.9 Å². The fraction of sp³-hybridized carbons (Fsp3) is 0.632. The zero-order chi connectivity index (χ0) is 18.2. The number of carbonyl (C=O) groups is 1. The molecule has 0 bridgehead atoms. The molecule has 1 aromatic rings. The van der Waals surface area contributed by atoms with Gasteiger partial charge in [-0.1, -0.05) is 0 Å². The molecule has 148 valence electrons. The van der Waals surface area contributed by atoms with E-state index in [4.69, 9.17) is 14.2 Å². The highest BCUT2D eigenvalue weighted by atomic mass is 35.5. The molecule has 1 aromatic carbocycles. The molecule has 2 rings (SSSR count). The molecule has 1 amide bonds. The fourth-order valence-electron chi connectivity index (χ4n) is 3.07. The number of amides is 1. The van der Waals surface area contributed by atoms with Crippen molar-refractivity contribution in [1.82, 2.24) is 10.2 Å². The summed E-state index contributed by atoms with van der Waals surface area (Å²) in [5.74, 6) is 1.70. The third-order valence-electron chi connectivity index (χ3n) is 4.35. The molecule has 0 aliphatic carbocycles. The van der Waals surface area contributed by atoms with Crippen LogP contribution in [-0.2, 0) is 0 Å². The summed E-state index contributed by atoms with van der Waals surface area (Å²) in [5, 5.41) is 3.28. The number of rotatable bonds is 8. The van der Waals surface area contributed by atoms with Gasteiger partial charge in [-0.3, -0.25) is 4.79 Å². The van der Waals surface area contributed by atoms with Crippen LogP contribution in [0.3, 0.4) is 0 Å². The highest BCUT2D eigenvalue weighted by Gasteiger charge is 2.25. The monoisotopic (exact) mass is 386 g/mol. The van der Waals surface area contributed by atoms with Gasteiger partial charge in [0.1, 0.15) is 0 Å². The van der Waals surface area contributed by atoms with Crippen molar-refractivity contribution in [3.05, 3.63) is 17.7 Å². The summed E-state index contributed by atoms with van der Waals surface area (Å²) in [7, 11) is 1.97. The lowest BCUT2D eigenvalue weighted by atomic mass is 10.0. The van der Waals surface area contributed by atoms with Gasteiger partial charge in [-0.2, -0.15) is 0 Å². The van der Waals surface area contributed by atoms with Gasteiger partial charge in [-0.25, -0.2) is 0 Å². The van der Waals surface area contributed by atoms with Crippen LogP contribution in [0.5, 0.6) is 17.2 Å². The van der Waals surface area contributed by atoms with Crippen LogP contribution >= 0.6 is 12.4 Å². The van der Waals surface area contributed by atoms with Crippen LogP contribution in [0.2, 0.25) is 0 Å². The summed E-state index contributed by atoms with van der Waals surface area (Å²) >= 11 is 0. The number of benzene rings is 1. The molecule has 0 unspecified atom stereocenters. The molecular weight excluding hydrogens is 356 g/mol. The van der Waals surface area contributed by atoms with Crippen LogP contribution in [0.1, 0.15) is 44.0 Å². The molecule has 1 N–H and O–H groups in total. The average molecular weight is 387 g/mol. The van der Waals surface area contributed by atoms with Gasteiger partial charge >= 0.3 is 0 Å². The predicted molar refractivity (Wildman–Crippen MR) is 105 cm³/mol. The molecule has 0 atom stereocenters. The highest BCUT2D eigenvalue weighted by molar-refractivity contribution is 5.95.